The first kappa shape index (κ1) is 25.1. The Morgan fingerprint density at radius 3 is 2.47 bits per heavy atom. The number of ether oxygens (including phenoxy) is 3. The molecule has 34 heavy (non-hydrogen) atoms. The normalized spacial score (nSPS) is 15.0. The van der Waals surface area contributed by atoms with Gasteiger partial charge in [-0.2, -0.15) is 0 Å². The van der Waals surface area contributed by atoms with E-state index in [0.29, 0.717) is 22.2 Å². The second-order valence-corrected chi connectivity index (χ2v) is 8.04. The number of nitrogens with one attached hydrogen (secondary N) is 2. The number of hydrogen-bond donors (Lipinski definition) is 2. The minimum atomic E-state index is -0.842. The molecule has 1 aliphatic rings. The number of amides is 3. The van der Waals surface area contributed by atoms with Gasteiger partial charge in [0.2, 0.25) is 5.91 Å². The zero-order valence-corrected chi connectivity index (χ0v) is 19.7. The van der Waals surface area contributed by atoms with Crippen molar-refractivity contribution in [3.8, 4) is 11.5 Å². The minimum absolute atomic E-state index is 0.0959. The summed E-state index contributed by atoms with van der Waals surface area (Å²) in [5, 5.41) is 4.18. The average Bonchev–Trinajstić information content (AvgIpc) is 3.18. The van der Waals surface area contributed by atoms with Crippen LogP contribution in [-0.2, 0) is 19.1 Å². The van der Waals surface area contributed by atoms with E-state index in [4.69, 9.17) is 37.4 Å². The van der Waals surface area contributed by atoms with Gasteiger partial charge in [-0.25, -0.2) is 0 Å². The van der Waals surface area contributed by atoms with Crippen molar-refractivity contribution in [2.75, 3.05) is 32.7 Å². The fourth-order valence-electron chi connectivity index (χ4n) is 3.17. The van der Waals surface area contributed by atoms with Gasteiger partial charge < -0.3 is 19.5 Å². The number of anilines is 1. The highest BCUT2D eigenvalue weighted by Crippen LogP contribution is 2.28. The van der Waals surface area contributed by atoms with Crippen molar-refractivity contribution < 1.29 is 33.4 Å². The number of carbonyl (C=O) groups excluding carboxylic acids is 4. The predicted molar refractivity (Wildman–Crippen MR) is 123 cm³/mol. The molecule has 0 spiro atoms. The molecule has 1 fully saturated rings. The minimum Gasteiger partial charge on any atom is -0.493 e. The summed E-state index contributed by atoms with van der Waals surface area (Å²) in [4.78, 5) is 49.2. The molecule has 1 atom stereocenters. The molecule has 2 aromatic rings. The highest BCUT2D eigenvalue weighted by molar-refractivity contribution is 6.36. The highest BCUT2D eigenvalue weighted by atomic mass is 35.5. The van der Waals surface area contributed by atoms with Gasteiger partial charge in [0.15, 0.2) is 18.1 Å². The van der Waals surface area contributed by atoms with Crippen molar-refractivity contribution in [1.29, 1.82) is 0 Å². The van der Waals surface area contributed by atoms with Crippen LogP contribution in [0.15, 0.2) is 36.4 Å². The number of rotatable bonds is 8. The largest absolute Gasteiger partial charge is 0.493 e. The summed E-state index contributed by atoms with van der Waals surface area (Å²) in [5.74, 6) is -2.43. The van der Waals surface area contributed by atoms with Crippen LogP contribution in [0.3, 0.4) is 0 Å². The Morgan fingerprint density at radius 1 is 1.06 bits per heavy atom. The first-order valence-corrected chi connectivity index (χ1v) is 10.7. The Morgan fingerprint density at radius 2 is 1.79 bits per heavy atom. The summed E-state index contributed by atoms with van der Waals surface area (Å²) in [6.07, 6.45) is -0.171. The van der Waals surface area contributed by atoms with Gasteiger partial charge >= 0.3 is 5.97 Å². The molecule has 2 N–H and O–H groups in total. The van der Waals surface area contributed by atoms with Crippen molar-refractivity contribution in [3.63, 3.8) is 0 Å². The van der Waals surface area contributed by atoms with E-state index in [2.05, 4.69) is 10.7 Å². The van der Waals surface area contributed by atoms with Crippen LogP contribution in [-0.4, -0.2) is 56.1 Å². The van der Waals surface area contributed by atoms with E-state index in [-0.39, 0.29) is 23.6 Å². The van der Waals surface area contributed by atoms with Gasteiger partial charge in [-0.1, -0.05) is 23.2 Å². The van der Waals surface area contributed by atoms with Crippen molar-refractivity contribution in [2.24, 2.45) is 5.92 Å². The van der Waals surface area contributed by atoms with Crippen LogP contribution in [0.4, 0.5) is 5.69 Å². The fourth-order valence-corrected chi connectivity index (χ4v) is 3.63. The molecule has 12 heteroatoms. The molecule has 0 saturated carbocycles. The first-order valence-electron chi connectivity index (χ1n) is 9.96. The Labute approximate surface area is 205 Å². The number of esters is 1. The second-order valence-electron chi connectivity index (χ2n) is 7.20. The lowest BCUT2D eigenvalue weighted by Crippen LogP contribution is -2.43. The van der Waals surface area contributed by atoms with E-state index < -0.39 is 36.2 Å². The molecule has 0 aliphatic carbocycles. The lowest BCUT2D eigenvalue weighted by atomic mass is 10.1. The quantitative estimate of drug-likeness (QED) is 0.524. The van der Waals surface area contributed by atoms with Crippen LogP contribution in [0.25, 0.3) is 0 Å². The molecule has 0 radical (unpaired) electrons. The molecule has 3 rings (SSSR count). The second kappa shape index (κ2) is 11.1. The third-order valence-corrected chi connectivity index (χ3v) is 5.44. The van der Waals surface area contributed by atoms with Crippen molar-refractivity contribution in [1.82, 2.24) is 10.4 Å². The number of methoxy groups -OCH3 is 2. The van der Waals surface area contributed by atoms with Gasteiger partial charge in [0, 0.05) is 17.0 Å². The summed E-state index contributed by atoms with van der Waals surface area (Å²) >= 11 is 11.8. The van der Waals surface area contributed by atoms with Gasteiger partial charge in [0.1, 0.15) is 0 Å². The van der Waals surface area contributed by atoms with Crippen molar-refractivity contribution in [2.45, 2.75) is 6.42 Å². The molecule has 1 heterocycles. The van der Waals surface area contributed by atoms with Gasteiger partial charge in [-0.05, 0) is 36.4 Å². The molecule has 2 aromatic carbocycles. The maximum atomic E-state index is 12.5. The molecule has 1 aliphatic heterocycles. The molecule has 1 saturated heterocycles. The van der Waals surface area contributed by atoms with E-state index in [1.807, 2.05) is 0 Å². The SMILES string of the molecule is COc1ccc(C(=O)NN2C[C@H](C(=O)OCC(=O)Nc3ccc(Cl)cc3Cl)CC2=O)cc1OC. The van der Waals surface area contributed by atoms with Crippen LogP contribution in [0.2, 0.25) is 10.0 Å². The highest BCUT2D eigenvalue weighted by Gasteiger charge is 2.36. The van der Waals surface area contributed by atoms with Crippen LogP contribution < -0.4 is 20.2 Å². The van der Waals surface area contributed by atoms with E-state index in [1.165, 1.54) is 38.5 Å². The Kier molecular flexibility index (Phi) is 8.19. The Bertz CT molecular complexity index is 1130. The molecule has 3 amide bonds. The van der Waals surface area contributed by atoms with Crippen LogP contribution >= 0.6 is 23.2 Å². The molecular weight excluding hydrogens is 489 g/mol. The molecule has 0 unspecified atom stereocenters. The maximum Gasteiger partial charge on any atom is 0.311 e. The Balaban J connectivity index is 1.52. The standard InChI is InChI=1S/C22H21Cl2N3O7/c1-32-17-6-3-12(7-18(17)33-2)21(30)26-27-10-13(8-20(27)29)22(31)34-11-19(28)25-16-5-4-14(23)9-15(16)24/h3-7,9,13H,8,10-11H2,1-2H3,(H,25,28)(H,26,30)/t13-/m1/s1. The van der Waals surface area contributed by atoms with Gasteiger partial charge in [0.25, 0.3) is 11.8 Å². The summed E-state index contributed by atoms with van der Waals surface area (Å²) in [6, 6.07) is 9.05. The van der Waals surface area contributed by atoms with E-state index in [9.17, 15) is 19.2 Å². The number of benzene rings is 2. The smallest absolute Gasteiger partial charge is 0.311 e. The molecule has 10 nitrogen and oxygen atoms in total. The fraction of sp³-hybridized carbons (Fsp3) is 0.273. The van der Waals surface area contributed by atoms with Crippen molar-refractivity contribution >= 4 is 52.6 Å². The topological polar surface area (TPSA) is 123 Å². The first-order chi connectivity index (χ1) is 16.2. The van der Waals surface area contributed by atoms with E-state index in [0.717, 1.165) is 5.01 Å². The summed E-state index contributed by atoms with van der Waals surface area (Å²) < 4.78 is 15.3. The maximum absolute atomic E-state index is 12.5. The number of hydrogen-bond acceptors (Lipinski definition) is 7. The number of hydrazine groups is 1. The number of halogens is 2. The third-order valence-electron chi connectivity index (χ3n) is 4.89. The monoisotopic (exact) mass is 509 g/mol. The number of nitrogens with zero attached hydrogens (tertiary/aromatic N) is 1. The van der Waals surface area contributed by atoms with E-state index >= 15 is 0 Å². The van der Waals surface area contributed by atoms with Gasteiger partial charge in [-0.15, -0.1) is 0 Å². The van der Waals surface area contributed by atoms with Crippen LogP contribution in [0, 0.1) is 5.92 Å². The van der Waals surface area contributed by atoms with Gasteiger partial charge in [-0.3, -0.25) is 29.6 Å². The molecule has 0 aromatic heterocycles. The van der Waals surface area contributed by atoms with Gasteiger partial charge in [0.05, 0.1) is 37.4 Å². The summed E-state index contributed by atoms with van der Waals surface area (Å²) in [7, 11) is 2.90. The van der Waals surface area contributed by atoms with Crippen LogP contribution in [0.5, 0.6) is 11.5 Å². The van der Waals surface area contributed by atoms with E-state index in [1.54, 1.807) is 12.1 Å². The lowest BCUT2D eigenvalue weighted by Gasteiger charge is -2.18. The zero-order valence-electron chi connectivity index (χ0n) is 18.2. The lowest BCUT2D eigenvalue weighted by molar-refractivity contribution is -0.151. The molecular formula is C22H21Cl2N3O7. The van der Waals surface area contributed by atoms with Crippen molar-refractivity contribution in [3.05, 3.63) is 52.0 Å². The zero-order chi connectivity index (χ0) is 24.8. The summed E-state index contributed by atoms with van der Waals surface area (Å²) in [5.41, 5.74) is 3.01. The summed E-state index contributed by atoms with van der Waals surface area (Å²) in [6.45, 7) is -0.665. The number of carbonyl (C=O) groups is 4. The molecule has 180 valence electrons. The molecule has 0 bridgehead atoms. The van der Waals surface area contributed by atoms with Crippen LogP contribution in [0.1, 0.15) is 16.8 Å². The third kappa shape index (κ3) is 6.09. The average molecular weight is 510 g/mol. The predicted octanol–water partition coefficient (Wildman–Crippen LogP) is 2.69. The Hall–Kier alpha value is -3.50.